The van der Waals surface area contributed by atoms with Gasteiger partial charge in [-0.2, -0.15) is 13.2 Å². The summed E-state index contributed by atoms with van der Waals surface area (Å²) in [6.45, 7) is 1.24. The van der Waals surface area contributed by atoms with Crippen molar-refractivity contribution in [2.45, 2.75) is 50.4 Å². The average molecular weight is 300 g/mol. The molecule has 1 aliphatic carbocycles. The summed E-state index contributed by atoms with van der Waals surface area (Å²) in [4.78, 5) is 2.22. The van der Waals surface area contributed by atoms with E-state index in [1.807, 2.05) is 7.05 Å². The molecule has 2 N–H and O–H groups in total. The molecule has 2 rings (SSSR count). The van der Waals surface area contributed by atoms with Crippen LogP contribution in [0.3, 0.4) is 0 Å². The van der Waals surface area contributed by atoms with Crippen LogP contribution in [-0.2, 0) is 12.7 Å². The van der Waals surface area contributed by atoms with Gasteiger partial charge in [0.25, 0.3) is 0 Å². The van der Waals surface area contributed by atoms with Crippen LogP contribution in [0.25, 0.3) is 0 Å². The predicted molar refractivity (Wildman–Crippen MR) is 77.8 cm³/mol. The summed E-state index contributed by atoms with van der Waals surface area (Å²) in [5.41, 5.74) is 6.28. The topological polar surface area (TPSA) is 29.3 Å². The smallest absolute Gasteiger partial charge is 0.329 e. The Balaban J connectivity index is 2.06. The zero-order valence-electron chi connectivity index (χ0n) is 12.4. The summed E-state index contributed by atoms with van der Waals surface area (Å²) in [7, 11) is 2.02. The minimum Gasteiger partial charge on any atom is -0.329 e. The Morgan fingerprint density at radius 1 is 1.10 bits per heavy atom. The third-order valence-corrected chi connectivity index (χ3v) is 4.67. The molecule has 0 aromatic heterocycles. The molecule has 1 aromatic carbocycles. The summed E-state index contributed by atoms with van der Waals surface area (Å²) < 4.78 is 37.7. The molecule has 1 aromatic rings. The first kappa shape index (κ1) is 16.3. The van der Waals surface area contributed by atoms with E-state index in [1.54, 1.807) is 12.1 Å². The molecule has 1 fully saturated rings. The molecule has 21 heavy (non-hydrogen) atoms. The molecule has 118 valence electrons. The minimum atomic E-state index is -4.27. The number of nitrogens with two attached hydrogens (primary N) is 1. The Hall–Kier alpha value is -1.07. The maximum absolute atomic E-state index is 12.6. The van der Waals surface area contributed by atoms with Crippen molar-refractivity contribution in [3.05, 3.63) is 35.4 Å². The van der Waals surface area contributed by atoms with Gasteiger partial charge >= 0.3 is 6.18 Å². The fourth-order valence-electron chi connectivity index (χ4n) is 3.19. The van der Waals surface area contributed by atoms with E-state index in [0.29, 0.717) is 13.1 Å². The third kappa shape index (κ3) is 3.77. The molecular weight excluding hydrogens is 277 g/mol. The van der Waals surface area contributed by atoms with Crippen LogP contribution in [0, 0.1) is 0 Å². The van der Waals surface area contributed by atoms with Crippen molar-refractivity contribution >= 4 is 0 Å². The zero-order valence-corrected chi connectivity index (χ0v) is 12.4. The maximum Gasteiger partial charge on any atom is 0.416 e. The molecule has 0 aliphatic heterocycles. The summed E-state index contributed by atoms with van der Waals surface area (Å²) in [5, 5.41) is 0. The Bertz CT molecular complexity index is 448. The van der Waals surface area contributed by atoms with Crippen LogP contribution >= 0.6 is 0 Å². The van der Waals surface area contributed by atoms with E-state index < -0.39 is 11.7 Å². The number of benzene rings is 1. The lowest BCUT2D eigenvalue weighted by atomic mass is 9.80. The molecule has 0 amide bonds. The van der Waals surface area contributed by atoms with E-state index >= 15 is 0 Å². The molecular formula is C16H23F3N2. The van der Waals surface area contributed by atoms with E-state index in [2.05, 4.69) is 4.90 Å². The number of rotatable bonds is 4. The summed E-state index contributed by atoms with van der Waals surface area (Å²) in [5.74, 6) is 0. The van der Waals surface area contributed by atoms with Gasteiger partial charge in [0.1, 0.15) is 0 Å². The van der Waals surface area contributed by atoms with Crippen LogP contribution in [0.4, 0.5) is 13.2 Å². The molecule has 1 saturated carbocycles. The fraction of sp³-hybridized carbons (Fsp3) is 0.625. The number of hydrogen-bond acceptors (Lipinski definition) is 2. The van der Waals surface area contributed by atoms with Gasteiger partial charge in [0.2, 0.25) is 0 Å². The number of alkyl halides is 3. The van der Waals surface area contributed by atoms with Crippen LogP contribution in [-0.4, -0.2) is 24.0 Å². The second kappa shape index (κ2) is 6.36. The number of nitrogens with zero attached hydrogens (tertiary/aromatic N) is 1. The van der Waals surface area contributed by atoms with Crippen molar-refractivity contribution in [1.29, 1.82) is 0 Å². The number of likely N-dealkylation sites (N-methyl/N-ethyl adjacent to an activating group) is 1. The van der Waals surface area contributed by atoms with E-state index in [0.717, 1.165) is 30.5 Å². The van der Waals surface area contributed by atoms with Crippen molar-refractivity contribution in [3.8, 4) is 0 Å². The van der Waals surface area contributed by atoms with Gasteiger partial charge in [0, 0.05) is 18.6 Å². The van der Waals surface area contributed by atoms with Crippen molar-refractivity contribution in [3.63, 3.8) is 0 Å². The molecule has 1 aliphatic rings. The predicted octanol–water partition coefficient (Wildman–Crippen LogP) is 3.80. The van der Waals surface area contributed by atoms with E-state index in [4.69, 9.17) is 5.73 Å². The van der Waals surface area contributed by atoms with Crippen LogP contribution < -0.4 is 5.73 Å². The minimum absolute atomic E-state index is 0.000941. The van der Waals surface area contributed by atoms with Crippen LogP contribution in [0.5, 0.6) is 0 Å². The van der Waals surface area contributed by atoms with Crippen LogP contribution in [0.15, 0.2) is 24.3 Å². The zero-order chi connectivity index (χ0) is 15.5. The standard InChI is InChI=1S/C16H23F3N2/c1-21(15(12-20)9-3-2-4-10-15)11-13-5-7-14(8-6-13)16(17,18)19/h5-8H,2-4,9-12,20H2,1H3. The van der Waals surface area contributed by atoms with Crippen molar-refractivity contribution in [1.82, 2.24) is 4.90 Å². The van der Waals surface area contributed by atoms with Gasteiger partial charge < -0.3 is 5.73 Å². The second-order valence-electron chi connectivity index (χ2n) is 6.04. The molecule has 0 unspecified atom stereocenters. The van der Waals surface area contributed by atoms with Gasteiger partial charge in [-0.1, -0.05) is 31.4 Å². The third-order valence-electron chi connectivity index (χ3n) is 4.67. The molecule has 0 heterocycles. The first-order valence-electron chi connectivity index (χ1n) is 7.45. The first-order valence-corrected chi connectivity index (χ1v) is 7.45. The monoisotopic (exact) mass is 300 g/mol. The first-order chi connectivity index (χ1) is 9.87. The maximum atomic E-state index is 12.6. The largest absolute Gasteiger partial charge is 0.416 e. The van der Waals surface area contributed by atoms with Crippen molar-refractivity contribution < 1.29 is 13.2 Å². The Kier molecular flexibility index (Phi) is 4.94. The summed E-state index contributed by atoms with van der Waals surface area (Å²) >= 11 is 0. The van der Waals surface area contributed by atoms with E-state index in [-0.39, 0.29) is 5.54 Å². The second-order valence-corrected chi connectivity index (χ2v) is 6.04. The molecule has 5 heteroatoms. The Morgan fingerprint density at radius 3 is 2.14 bits per heavy atom. The van der Waals surface area contributed by atoms with Gasteiger partial charge in [-0.15, -0.1) is 0 Å². The molecule has 0 saturated heterocycles. The van der Waals surface area contributed by atoms with Gasteiger partial charge in [-0.05, 0) is 37.6 Å². The van der Waals surface area contributed by atoms with Gasteiger partial charge in [-0.25, -0.2) is 0 Å². The quantitative estimate of drug-likeness (QED) is 0.916. The van der Waals surface area contributed by atoms with Gasteiger partial charge in [0.05, 0.1) is 5.56 Å². The summed E-state index contributed by atoms with van der Waals surface area (Å²) in [6, 6.07) is 5.43. The highest BCUT2D eigenvalue weighted by Crippen LogP contribution is 2.33. The van der Waals surface area contributed by atoms with Gasteiger partial charge in [-0.3, -0.25) is 4.90 Å². The van der Waals surface area contributed by atoms with E-state index in [9.17, 15) is 13.2 Å². The van der Waals surface area contributed by atoms with Crippen molar-refractivity contribution in [2.75, 3.05) is 13.6 Å². The van der Waals surface area contributed by atoms with Crippen LogP contribution in [0.1, 0.15) is 43.2 Å². The summed E-state index contributed by atoms with van der Waals surface area (Å²) in [6.07, 6.45) is 1.46. The number of halogens is 3. The molecule has 0 bridgehead atoms. The van der Waals surface area contributed by atoms with Gasteiger partial charge in [0.15, 0.2) is 0 Å². The number of hydrogen-bond donors (Lipinski definition) is 1. The highest BCUT2D eigenvalue weighted by molar-refractivity contribution is 5.24. The lowest BCUT2D eigenvalue weighted by molar-refractivity contribution is -0.137. The molecule has 0 radical (unpaired) electrons. The lowest BCUT2D eigenvalue weighted by Gasteiger charge is -2.44. The molecule has 2 nitrogen and oxygen atoms in total. The highest BCUT2D eigenvalue weighted by atomic mass is 19.4. The van der Waals surface area contributed by atoms with Crippen LogP contribution in [0.2, 0.25) is 0 Å². The SMILES string of the molecule is CN(Cc1ccc(C(F)(F)F)cc1)C1(CN)CCCCC1. The fourth-order valence-corrected chi connectivity index (χ4v) is 3.19. The molecule has 0 spiro atoms. The Morgan fingerprint density at radius 2 is 1.67 bits per heavy atom. The lowest BCUT2D eigenvalue weighted by Crippen LogP contribution is -2.52. The normalized spacial score (nSPS) is 19.0. The van der Waals surface area contributed by atoms with Crippen molar-refractivity contribution in [2.24, 2.45) is 5.73 Å². The average Bonchev–Trinajstić information content (AvgIpc) is 2.47. The van der Waals surface area contributed by atoms with E-state index in [1.165, 1.54) is 19.3 Å². The molecule has 0 atom stereocenters. The highest BCUT2D eigenvalue weighted by Gasteiger charge is 2.34. The Labute approximate surface area is 124 Å².